The van der Waals surface area contributed by atoms with E-state index < -0.39 is 0 Å². The van der Waals surface area contributed by atoms with E-state index >= 15 is 0 Å². The maximum Gasteiger partial charge on any atom is 0.146 e. The summed E-state index contributed by atoms with van der Waals surface area (Å²) in [4.78, 5) is 6.88. The molecule has 1 atom stereocenters. The number of likely N-dealkylation sites (tertiary alicyclic amines) is 1. The van der Waals surface area contributed by atoms with Crippen LogP contribution in [0, 0.1) is 0 Å². The maximum absolute atomic E-state index is 5.81. The lowest BCUT2D eigenvalue weighted by Crippen LogP contribution is -2.55. The van der Waals surface area contributed by atoms with Crippen LogP contribution < -0.4 is 11.3 Å². The summed E-state index contributed by atoms with van der Waals surface area (Å²) in [5.41, 5.74) is 2.85. The Balaban J connectivity index is 2.22. The Hall–Kier alpha value is -0.980. The first kappa shape index (κ1) is 14.4. The number of rotatable bonds is 4. The minimum Gasteiger partial charge on any atom is -0.296 e. The Bertz CT molecular complexity index is 392. The number of hydrazine groups is 1. The van der Waals surface area contributed by atoms with Crippen LogP contribution in [0.15, 0.2) is 6.33 Å². The van der Waals surface area contributed by atoms with E-state index in [2.05, 4.69) is 34.3 Å². The number of hydrogen-bond acceptors (Lipinski definition) is 5. The number of aryl methyl sites for hydroxylation is 1. The van der Waals surface area contributed by atoms with E-state index in [0.29, 0.717) is 0 Å². The van der Waals surface area contributed by atoms with Crippen molar-refractivity contribution < 1.29 is 0 Å². The quantitative estimate of drug-likeness (QED) is 0.628. The average Bonchev–Trinajstić information content (AvgIpc) is 2.66. The van der Waals surface area contributed by atoms with Gasteiger partial charge >= 0.3 is 0 Å². The minimum absolute atomic E-state index is 0.0295. The van der Waals surface area contributed by atoms with Crippen molar-refractivity contribution in [1.29, 1.82) is 0 Å². The van der Waals surface area contributed by atoms with Gasteiger partial charge in [-0.25, -0.2) is 10.4 Å². The first-order valence-corrected chi connectivity index (χ1v) is 7.12. The van der Waals surface area contributed by atoms with Gasteiger partial charge in [0, 0.05) is 12.6 Å². The molecule has 0 saturated carbocycles. The number of nitrogens with two attached hydrogens (primary N) is 1. The molecule has 1 aliphatic rings. The van der Waals surface area contributed by atoms with Crippen molar-refractivity contribution in [3.05, 3.63) is 12.2 Å². The van der Waals surface area contributed by atoms with Crippen LogP contribution >= 0.6 is 0 Å². The van der Waals surface area contributed by atoms with Gasteiger partial charge in [0.05, 0.1) is 6.04 Å². The van der Waals surface area contributed by atoms with Crippen molar-refractivity contribution in [3.8, 4) is 0 Å². The van der Waals surface area contributed by atoms with Crippen molar-refractivity contribution in [2.45, 2.75) is 51.1 Å². The molecule has 6 heteroatoms. The predicted molar refractivity (Wildman–Crippen MR) is 75.2 cm³/mol. The van der Waals surface area contributed by atoms with Crippen molar-refractivity contribution in [2.75, 3.05) is 13.1 Å². The Morgan fingerprint density at radius 1 is 1.26 bits per heavy atom. The second-order valence-corrected chi connectivity index (χ2v) is 5.90. The highest BCUT2D eigenvalue weighted by Gasteiger charge is 2.38. The summed E-state index contributed by atoms with van der Waals surface area (Å²) in [5, 5.41) is 4.15. The van der Waals surface area contributed by atoms with E-state index in [9.17, 15) is 0 Å². The molecule has 1 aromatic heterocycles. The third-order valence-electron chi connectivity index (χ3n) is 4.30. The van der Waals surface area contributed by atoms with Crippen LogP contribution in [-0.2, 0) is 7.05 Å². The van der Waals surface area contributed by atoms with Crippen molar-refractivity contribution >= 4 is 0 Å². The Morgan fingerprint density at radius 3 is 2.37 bits per heavy atom. The third-order valence-corrected chi connectivity index (χ3v) is 4.30. The standard InChI is InChI=1S/C13H26N6/c1-13(2,19-8-6-4-5-7-9-19)11(17-14)12-15-10-16-18(12)3/h10-11,17H,4-9,14H2,1-3H3. The minimum atomic E-state index is -0.0834. The van der Waals surface area contributed by atoms with E-state index in [1.54, 1.807) is 11.0 Å². The van der Waals surface area contributed by atoms with Gasteiger partial charge in [-0.2, -0.15) is 5.10 Å². The molecule has 0 spiro atoms. The van der Waals surface area contributed by atoms with Gasteiger partial charge < -0.3 is 0 Å². The lowest BCUT2D eigenvalue weighted by atomic mass is 9.91. The molecule has 19 heavy (non-hydrogen) atoms. The monoisotopic (exact) mass is 266 g/mol. The molecular formula is C13H26N6. The molecule has 0 amide bonds. The predicted octanol–water partition coefficient (Wildman–Crippen LogP) is 0.974. The molecule has 0 radical (unpaired) electrons. The number of nitrogens with one attached hydrogen (secondary N) is 1. The molecule has 3 N–H and O–H groups in total. The topological polar surface area (TPSA) is 72.0 Å². The fraction of sp³-hybridized carbons (Fsp3) is 0.846. The van der Waals surface area contributed by atoms with E-state index in [4.69, 9.17) is 5.84 Å². The van der Waals surface area contributed by atoms with Crippen LogP contribution in [0.5, 0.6) is 0 Å². The van der Waals surface area contributed by atoms with Gasteiger partial charge in [-0.1, -0.05) is 12.8 Å². The first-order valence-electron chi connectivity index (χ1n) is 7.12. The summed E-state index contributed by atoms with van der Waals surface area (Å²) in [6.07, 6.45) is 6.77. The fourth-order valence-corrected chi connectivity index (χ4v) is 2.99. The normalized spacial score (nSPS) is 20.2. The molecule has 1 unspecified atom stereocenters. The molecule has 1 saturated heterocycles. The lowest BCUT2D eigenvalue weighted by Gasteiger charge is -2.43. The van der Waals surface area contributed by atoms with Crippen molar-refractivity contribution in [1.82, 2.24) is 25.1 Å². The smallest absolute Gasteiger partial charge is 0.146 e. The van der Waals surface area contributed by atoms with Crippen LogP contribution in [0.4, 0.5) is 0 Å². The summed E-state index contributed by atoms with van der Waals surface area (Å²) in [7, 11) is 1.91. The van der Waals surface area contributed by atoms with Crippen LogP contribution in [-0.4, -0.2) is 38.3 Å². The molecule has 2 rings (SSSR count). The van der Waals surface area contributed by atoms with Gasteiger partial charge in [-0.15, -0.1) is 0 Å². The highest BCUT2D eigenvalue weighted by molar-refractivity contribution is 5.05. The van der Waals surface area contributed by atoms with E-state index in [1.807, 2.05) is 7.05 Å². The van der Waals surface area contributed by atoms with Crippen LogP contribution in [0.3, 0.4) is 0 Å². The fourth-order valence-electron chi connectivity index (χ4n) is 2.99. The molecular weight excluding hydrogens is 240 g/mol. The Labute approximate surface area is 115 Å². The molecule has 0 bridgehead atoms. The maximum atomic E-state index is 5.81. The molecule has 6 nitrogen and oxygen atoms in total. The number of aromatic nitrogens is 3. The molecule has 2 heterocycles. The number of hydrogen-bond donors (Lipinski definition) is 2. The molecule has 1 aromatic rings. The summed E-state index contributed by atoms with van der Waals surface area (Å²) >= 11 is 0. The summed E-state index contributed by atoms with van der Waals surface area (Å²) in [5.74, 6) is 6.69. The van der Waals surface area contributed by atoms with Gasteiger partial charge in [-0.05, 0) is 39.8 Å². The van der Waals surface area contributed by atoms with E-state index in [0.717, 1.165) is 18.9 Å². The Morgan fingerprint density at radius 2 is 1.89 bits per heavy atom. The highest BCUT2D eigenvalue weighted by Crippen LogP contribution is 2.31. The Kier molecular flexibility index (Phi) is 4.54. The van der Waals surface area contributed by atoms with Crippen LogP contribution in [0.1, 0.15) is 51.4 Å². The van der Waals surface area contributed by atoms with Gasteiger partial charge in [0.1, 0.15) is 12.2 Å². The molecule has 1 fully saturated rings. The summed E-state index contributed by atoms with van der Waals surface area (Å²) < 4.78 is 1.80. The van der Waals surface area contributed by atoms with Gasteiger partial charge in [0.2, 0.25) is 0 Å². The summed E-state index contributed by atoms with van der Waals surface area (Å²) in [6.45, 7) is 6.72. The van der Waals surface area contributed by atoms with Gasteiger partial charge in [0.15, 0.2) is 0 Å². The van der Waals surface area contributed by atoms with E-state index in [-0.39, 0.29) is 11.6 Å². The van der Waals surface area contributed by atoms with Crippen molar-refractivity contribution in [2.24, 2.45) is 12.9 Å². The molecule has 0 aromatic carbocycles. The zero-order chi connectivity index (χ0) is 13.9. The SMILES string of the molecule is Cn1ncnc1C(NN)C(C)(C)N1CCCCCC1. The number of nitrogens with zero attached hydrogens (tertiary/aromatic N) is 4. The molecule has 108 valence electrons. The zero-order valence-corrected chi connectivity index (χ0v) is 12.3. The van der Waals surface area contributed by atoms with Crippen LogP contribution in [0.25, 0.3) is 0 Å². The van der Waals surface area contributed by atoms with Gasteiger partial charge in [-0.3, -0.25) is 15.4 Å². The largest absolute Gasteiger partial charge is 0.296 e. The zero-order valence-electron chi connectivity index (χ0n) is 12.3. The summed E-state index contributed by atoms with van der Waals surface area (Å²) in [6, 6.07) is -0.0295. The third kappa shape index (κ3) is 2.96. The highest BCUT2D eigenvalue weighted by atomic mass is 15.4. The van der Waals surface area contributed by atoms with Crippen molar-refractivity contribution in [3.63, 3.8) is 0 Å². The molecule has 1 aliphatic heterocycles. The lowest BCUT2D eigenvalue weighted by molar-refractivity contribution is 0.0786. The van der Waals surface area contributed by atoms with Crippen LogP contribution in [0.2, 0.25) is 0 Å². The second-order valence-electron chi connectivity index (χ2n) is 5.90. The van der Waals surface area contributed by atoms with E-state index in [1.165, 1.54) is 25.7 Å². The first-order chi connectivity index (χ1) is 9.07. The second kappa shape index (κ2) is 5.98. The van der Waals surface area contributed by atoms with Gasteiger partial charge in [0.25, 0.3) is 0 Å². The average molecular weight is 266 g/mol. The molecule has 0 aliphatic carbocycles.